The summed E-state index contributed by atoms with van der Waals surface area (Å²) < 4.78 is 6.81. The molecule has 116 valence electrons. The van der Waals surface area contributed by atoms with Gasteiger partial charge in [-0.3, -0.25) is 4.79 Å². The average Bonchev–Trinajstić information content (AvgIpc) is 2.68. The number of amides is 1. The second kappa shape index (κ2) is 7.80. The summed E-state index contributed by atoms with van der Waals surface area (Å²) in [5.41, 5.74) is 1.14. The van der Waals surface area contributed by atoms with Gasteiger partial charge in [0.2, 0.25) is 5.91 Å². The Labute approximate surface area is 135 Å². The summed E-state index contributed by atoms with van der Waals surface area (Å²) in [6, 6.07) is 6.27. The number of hydrogen-bond acceptors (Lipinski definition) is 3. The Morgan fingerprint density at radius 3 is 2.90 bits per heavy atom. The van der Waals surface area contributed by atoms with E-state index >= 15 is 0 Å². The normalized spacial score (nSPS) is 17.6. The van der Waals surface area contributed by atoms with Gasteiger partial charge in [0, 0.05) is 29.2 Å². The summed E-state index contributed by atoms with van der Waals surface area (Å²) >= 11 is 3.47. The molecule has 0 aromatic heterocycles. The van der Waals surface area contributed by atoms with E-state index in [9.17, 15) is 4.79 Å². The molecule has 1 amide bonds. The van der Waals surface area contributed by atoms with E-state index in [1.807, 2.05) is 30.9 Å². The van der Waals surface area contributed by atoms with Gasteiger partial charge >= 0.3 is 0 Å². The number of ether oxygens (including phenoxy) is 1. The highest BCUT2D eigenvalue weighted by Crippen LogP contribution is 2.33. The summed E-state index contributed by atoms with van der Waals surface area (Å²) in [6.45, 7) is 6.64. The van der Waals surface area contributed by atoms with Gasteiger partial charge in [-0.15, -0.1) is 0 Å². The zero-order valence-electron chi connectivity index (χ0n) is 12.7. The first kappa shape index (κ1) is 16.3. The van der Waals surface area contributed by atoms with Crippen LogP contribution in [0.3, 0.4) is 0 Å². The van der Waals surface area contributed by atoms with Crippen molar-refractivity contribution in [1.82, 2.24) is 10.2 Å². The summed E-state index contributed by atoms with van der Waals surface area (Å²) in [5.74, 6) is 1.07. The molecule has 1 aromatic rings. The molecule has 1 aromatic carbocycles. The van der Waals surface area contributed by atoms with Gasteiger partial charge in [0.15, 0.2) is 0 Å². The van der Waals surface area contributed by atoms with Crippen LogP contribution < -0.4 is 10.1 Å². The minimum Gasteiger partial charge on any atom is -0.493 e. The molecular formula is C16H23BrN2O2. The lowest BCUT2D eigenvalue weighted by atomic mass is 10.0. The first-order chi connectivity index (χ1) is 10.2. The van der Waals surface area contributed by atoms with Crippen LogP contribution in [0.5, 0.6) is 5.75 Å². The third-order valence-corrected chi connectivity index (χ3v) is 4.35. The molecule has 1 aliphatic rings. The Hall–Kier alpha value is -1.07. The lowest BCUT2D eigenvalue weighted by molar-refractivity contribution is -0.130. The van der Waals surface area contributed by atoms with Crippen LogP contribution in [-0.4, -0.2) is 37.0 Å². The molecule has 0 spiro atoms. The summed E-state index contributed by atoms with van der Waals surface area (Å²) in [7, 11) is 0. The second-order valence-electron chi connectivity index (χ2n) is 5.17. The Morgan fingerprint density at radius 1 is 1.43 bits per heavy atom. The number of halogens is 1. The van der Waals surface area contributed by atoms with Crippen LogP contribution >= 0.6 is 15.9 Å². The van der Waals surface area contributed by atoms with Crippen LogP contribution in [0.1, 0.15) is 38.3 Å². The number of likely N-dealkylation sites (N-methyl/N-ethyl adjacent to an activating group) is 1. The number of carbonyl (C=O) groups excluding carboxylic acids is 1. The van der Waals surface area contributed by atoms with Crippen molar-refractivity contribution in [3.05, 3.63) is 28.2 Å². The van der Waals surface area contributed by atoms with Gasteiger partial charge in [-0.2, -0.15) is 0 Å². The highest BCUT2D eigenvalue weighted by Gasteiger charge is 2.21. The number of rotatable bonds is 5. The molecule has 0 aliphatic carbocycles. The first-order valence-electron chi connectivity index (χ1n) is 7.59. The third-order valence-electron chi connectivity index (χ3n) is 3.86. The smallest absolute Gasteiger partial charge is 0.236 e. The van der Waals surface area contributed by atoms with Crippen molar-refractivity contribution >= 4 is 21.8 Å². The Morgan fingerprint density at radius 2 is 2.19 bits per heavy atom. The van der Waals surface area contributed by atoms with Gasteiger partial charge < -0.3 is 15.0 Å². The molecule has 0 fully saturated rings. The van der Waals surface area contributed by atoms with Crippen LogP contribution in [0, 0.1) is 0 Å². The molecule has 2 rings (SSSR count). The van der Waals surface area contributed by atoms with Crippen molar-refractivity contribution in [2.45, 2.75) is 32.7 Å². The van der Waals surface area contributed by atoms with Gasteiger partial charge in [-0.25, -0.2) is 0 Å². The standard InChI is InChI=1S/C16H23BrN2O2/c1-3-19(4-2)16(20)11-18-14-6-5-9-21-15-10-12(17)7-8-13(14)15/h7-8,10,14,18H,3-6,9,11H2,1-2H3. The SMILES string of the molecule is CCN(CC)C(=O)CNC1CCCOc2cc(Br)ccc21. The molecule has 1 aliphatic heterocycles. The summed E-state index contributed by atoms with van der Waals surface area (Å²) in [5, 5.41) is 3.40. The highest BCUT2D eigenvalue weighted by molar-refractivity contribution is 9.10. The van der Waals surface area contributed by atoms with Crippen molar-refractivity contribution < 1.29 is 9.53 Å². The van der Waals surface area contributed by atoms with Gasteiger partial charge in [-0.05, 0) is 38.8 Å². The molecule has 1 atom stereocenters. The van der Waals surface area contributed by atoms with Gasteiger partial charge in [0.1, 0.15) is 5.75 Å². The Balaban J connectivity index is 2.05. The van der Waals surface area contributed by atoms with Crippen LogP contribution in [0.15, 0.2) is 22.7 Å². The predicted molar refractivity (Wildman–Crippen MR) is 87.5 cm³/mol. The largest absolute Gasteiger partial charge is 0.493 e. The first-order valence-corrected chi connectivity index (χ1v) is 8.38. The summed E-state index contributed by atoms with van der Waals surface area (Å²) in [4.78, 5) is 14.0. The van der Waals surface area contributed by atoms with Gasteiger partial charge in [-0.1, -0.05) is 22.0 Å². The fourth-order valence-electron chi connectivity index (χ4n) is 2.66. The molecule has 1 unspecified atom stereocenters. The van der Waals surface area contributed by atoms with E-state index in [1.54, 1.807) is 0 Å². The van der Waals surface area contributed by atoms with Crippen LogP contribution in [0.2, 0.25) is 0 Å². The predicted octanol–water partition coefficient (Wildman–Crippen LogP) is 3.12. The fourth-order valence-corrected chi connectivity index (χ4v) is 3.00. The monoisotopic (exact) mass is 354 g/mol. The quantitative estimate of drug-likeness (QED) is 0.883. The van der Waals surface area contributed by atoms with Crippen molar-refractivity contribution in [2.24, 2.45) is 0 Å². The van der Waals surface area contributed by atoms with Gasteiger partial charge in [0.25, 0.3) is 0 Å². The minimum atomic E-state index is 0.156. The molecule has 0 radical (unpaired) electrons. The zero-order chi connectivity index (χ0) is 15.2. The van der Waals surface area contributed by atoms with Crippen LogP contribution in [-0.2, 0) is 4.79 Å². The number of hydrogen-bond donors (Lipinski definition) is 1. The molecule has 21 heavy (non-hydrogen) atoms. The maximum Gasteiger partial charge on any atom is 0.236 e. The number of nitrogens with one attached hydrogen (secondary N) is 1. The molecule has 5 heteroatoms. The van der Waals surface area contributed by atoms with Crippen molar-refractivity contribution in [3.8, 4) is 5.75 Å². The van der Waals surface area contributed by atoms with E-state index in [-0.39, 0.29) is 11.9 Å². The lowest BCUT2D eigenvalue weighted by Gasteiger charge is -2.22. The van der Waals surface area contributed by atoms with Gasteiger partial charge in [0.05, 0.1) is 13.2 Å². The molecule has 0 bridgehead atoms. The molecule has 1 N–H and O–H groups in total. The van der Waals surface area contributed by atoms with E-state index in [0.29, 0.717) is 6.54 Å². The van der Waals surface area contributed by atoms with E-state index in [1.165, 1.54) is 0 Å². The minimum absolute atomic E-state index is 0.156. The van der Waals surface area contributed by atoms with E-state index in [0.717, 1.165) is 48.3 Å². The molecule has 1 heterocycles. The van der Waals surface area contributed by atoms with E-state index in [2.05, 4.69) is 27.3 Å². The maximum atomic E-state index is 12.1. The number of nitrogens with zero attached hydrogens (tertiary/aromatic N) is 1. The fraction of sp³-hybridized carbons (Fsp3) is 0.562. The number of benzene rings is 1. The Kier molecular flexibility index (Phi) is 6.06. The zero-order valence-corrected chi connectivity index (χ0v) is 14.3. The lowest BCUT2D eigenvalue weighted by Crippen LogP contribution is -2.39. The van der Waals surface area contributed by atoms with E-state index in [4.69, 9.17) is 4.74 Å². The van der Waals surface area contributed by atoms with Crippen LogP contribution in [0.4, 0.5) is 0 Å². The average molecular weight is 355 g/mol. The molecule has 4 nitrogen and oxygen atoms in total. The van der Waals surface area contributed by atoms with Crippen LogP contribution in [0.25, 0.3) is 0 Å². The number of fused-ring (bicyclic) bond motifs is 1. The molecule has 0 saturated carbocycles. The third kappa shape index (κ3) is 4.20. The topological polar surface area (TPSA) is 41.6 Å². The number of carbonyl (C=O) groups is 1. The second-order valence-corrected chi connectivity index (χ2v) is 6.09. The highest BCUT2D eigenvalue weighted by atomic mass is 79.9. The van der Waals surface area contributed by atoms with Crippen molar-refractivity contribution in [1.29, 1.82) is 0 Å². The summed E-state index contributed by atoms with van der Waals surface area (Å²) in [6.07, 6.45) is 1.98. The van der Waals surface area contributed by atoms with Crippen molar-refractivity contribution in [3.63, 3.8) is 0 Å². The Bertz CT molecular complexity index is 489. The maximum absolute atomic E-state index is 12.1. The molecular weight excluding hydrogens is 332 g/mol. The molecule has 0 saturated heterocycles. The van der Waals surface area contributed by atoms with E-state index < -0.39 is 0 Å². The van der Waals surface area contributed by atoms with Crippen molar-refractivity contribution in [2.75, 3.05) is 26.2 Å².